The molecule has 1 atom stereocenters. The van der Waals surface area contributed by atoms with E-state index < -0.39 is 12.3 Å². The average Bonchev–Trinajstić information content (AvgIpc) is 3.08. The molecular formula is C18H21F3N5O2PS. The Balaban J connectivity index is 1.64. The predicted octanol–water partition coefficient (Wildman–Crippen LogP) is 4.17. The van der Waals surface area contributed by atoms with Gasteiger partial charge >= 0.3 is 6.18 Å². The first-order valence-electron chi connectivity index (χ1n) is 9.10. The van der Waals surface area contributed by atoms with Gasteiger partial charge in [-0.25, -0.2) is 9.97 Å². The highest BCUT2D eigenvalue weighted by Crippen LogP contribution is 2.32. The number of imidazole rings is 1. The van der Waals surface area contributed by atoms with E-state index in [4.69, 9.17) is 15.2 Å². The summed E-state index contributed by atoms with van der Waals surface area (Å²) in [5.74, 6) is 0.902. The van der Waals surface area contributed by atoms with E-state index in [-0.39, 0.29) is 27.5 Å². The van der Waals surface area contributed by atoms with Crippen molar-refractivity contribution in [3.8, 4) is 5.75 Å². The highest BCUT2D eigenvalue weighted by Gasteiger charge is 2.26. The largest absolute Gasteiger partial charge is 0.494 e. The maximum Gasteiger partial charge on any atom is 0.392 e. The first-order chi connectivity index (χ1) is 14.4. The van der Waals surface area contributed by atoms with Crippen molar-refractivity contribution in [1.82, 2.24) is 19.5 Å². The number of fused-ring (bicyclic) bond motifs is 1. The van der Waals surface area contributed by atoms with Crippen molar-refractivity contribution in [2.75, 3.05) is 31.5 Å². The van der Waals surface area contributed by atoms with Crippen LogP contribution in [0.25, 0.3) is 11.2 Å². The van der Waals surface area contributed by atoms with Crippen LogP contribution in [0.1, 0.15) is 6.92 Å². The zero-order valence-electron chi connectivity index (χ0n) is 16.1. The molecule has 2 aromatic heterocycles. The van der Waals surface area contributed by atoms with Crippen molar-refractivity contribution in [3.05, 3.63) is 30.6 Å². The molecule has 3 rings (SSSR count). The zero-order chi connectivity index (χ0) is 21.6. The number of halogens is 3. The number of nitrogens with zero attached hydrogens (tertiary/aromatic N) is 4. The molecule has 0 aliphatic carbocycles. The molecule has 7 nitrogen and oxygen atoms in total. The highest BCUT2D eigenvalue weighted by atomic mass is 32.2. The second kappa shape index (κ2) is 10.3. The standard InChI is InChI=1S/C18H21F3N5O2PS/c1-2-28-12-3-5-13(6-4-12)30-16-14-15(24-17(22)25-16)26(10-23-14)7-8-27-11-29-9-18(19,20)21/h3-6,10,29H,2,7-9,11H2,1H3,(H2,22,24,25). The van der Waals surface area contributed by atoms with Gasteiger partial charge in [-0.15, -0.1) is 0 Å². The van der Waals surface area contributed by atoms with Crippen molar-refractivity contribution in [2.24, 2.45) is 0 Å². The summed E-state index contributed by atoms with van der Waals surface area (Å²) < 4.78 is 49.0. The van der Waals surface area contributed by atoms with Gasteiger partial charge in [0.1, 0.15) is 16.3 Å². The van der Waals surface area contributed by atoms with Gasteiger partial charge in [-0.05, 0) is 31.2 Å². The lowest BCUT2D eigenvalue weighted by Crippen LogP contribution is -2.11. The molecule has 0 saturated carbocycles. The van der Waals surface area contributed by atoms with E-state index in [0.717, 1.165) is 10.6 Å². The van der Waals surface area contributed by atoms with Crippen LogP contribution in [0.15, 0.2) is 40.5 Å². The summed E-state index contributed by atoms with van der Waals surface area (Å²) in [6.07, 6.45) is -3.30. The summed E-state index contributed by atoms with van der Waals surface area (Å²) in [5, 5.41) is 0.619. The number of alkyl halides is 3. The fraction of sp³-hybridized carbons (Fsp3) is 0.389. The summed E-state index contributed by atoms with van der Waals surface area (Å²) in [4.78, 5) is 13.9. The smallest absolute Gasteiger partial charge is 0.392 e. The average molecular weight is 459 g/mol. The van der Waals surface area contributed by atoms with Gasteiger partial charge in [0.25, 0.3) is 0 Å². The summed E-state index contributed by atoms with van der Waals surface area (Å²) in [7, 11) is -0.311. The Hall–Kier alpha value is -2.10. The summed E-state index contributed by atoms with van der Waals surface area (Å²) in [6.45, 7) is 3.17. The normalized spacial score (nSPS) is 12.3. The Kier molecular flexibility index (Phi) is 7.74. The molecule has 0 aliphatic rings. The van der Waals surface area contributed by atoms with Gasteiger partial charge in [0.15, 0.2) is 5.65 Å². The van der Waals surface area contributed by atoms with Crippen LogP contribution in [0, 0.1) is 0 Å². The number of ether oxygens (including phenoxy) is 2. The van der Waals surface area contributed by atoms with Gasteiger partial charge in [0, 0.05) is 11.4 Å². The number of aromatic nitrogens is 4. The van der Waals surface area contributed by atoms with E-state index in [1.54, 1.807) is 10.9 Å². The van der Waals surface area contributed by atoms with Gasteiger partial charge in [0.05, 0.1) is 32.1 Å². The molecule has 30 heavy (non-hydrogen) atoms. The van der Waals surface area contributed by atoms with Gasteiger partial charge in [-0.1, -0.05) is 20.3 Å². The SMILES string of the molecule is CCOc1ccc(Sc2nc(N)nc3c2ncn3CCOCPCC(F)(F)F)cc1. The van der Waals surface area contributed by atoms with Crippen molar-refractivity contribution >= 4 is 37.5 Å². The first-order valence-corrected chi connectivity index (χ1v) is 11.3. The number of nitrogen functional groups attached to an aromatic ring is 1. The molecule has 0 spiro atoms. The second-order valence-electron chi connectivity index (χ2n) is 6.10. The number of rotatable bonds is 10. The van der Waals surface area contributed by atoms with E-state index >= 15 is 0 Å². The summed E-state index contributed by atoms with van der Waals surface area (Å²) >= 11 is 1.41. The van der Waals surface area contributed by atoms with Crippen LogP contribution in [0.5, 0.6) is 5.75 Å². The third-order valence-corrected chi connectivity index (χ3v) is 5.85. The third kappa shape index (κ3) is 6.45. The van der Waals surface area contributed by atoms with E-state index in [9.17, 15) is 13.2 Å². The minimum absolute atomic E-state index is 0.0715. The first kappa shape index (κ1) is 22.6. The Morgan fingerprint density at radius 1 is 1.20 bits per heavy atom. The third-order valence-electron chi connectivity index (χ3n) is 3.80. The quantitative estimate of drug-likeness (QED) is 0.277. The minimum atomic E-state index is -4.14. The van der Waals surface area contributed by atoms with Crippen LogP contribution >= 0.6 is 20.3 Å². The molecule has 2 heterocycles. The van der Waals surface area contributed by atoms with Crippen LogP contribution in [0.3, 0.4) is 0 Å². The Bertz CT molecular complexity index is 969. The van der Waals surface area contributed by atoms with E-state index in [1.807, 2.05) is 31.2 Å². The molecule has 0 saturated heterocycles. The lowest BCUT2D eigenvalue weighted by atomic mass is 10.3. The fourth-order valence-corrected chi connectivity index (χ4v) is 4.10. The minimum Gasteiger partial charge on any atom is -0.494 e. The number of benzene rings is 1. The molecule has 12 heteroatoms. The number of anilines is 1. The van der Waals surface area contributed by atoms with Gasteiger partial charge in [0.2, 0.25) is 5.95 Å². The molecule has 3 aromatic rings. The van der Waals surface area contributed by atoms with Crippen LogP contribution in [-0.4, -0.2) is 51.4 Å². The van der Waals surface area contributed by atoms with E-state index in [2.05, 4.69) is 15.0 Å². The van der Waals surface area contributed by atoms with Crippen molar-refractivity contribution in [2.45, 2.75) is 29.6 Å². The molecule has 0 bridgehead atoms. The monoisotopic (exact) mass is 459 g/mol. The molecule has 0 radical (unpaired) electrons. The van der Waals surface area contributed by atoms with E-state index in [0.29, 0.717) is 29.3 Å². The topological polar surface area (TPSA) is 88.1 Å². The lowest BCUT2D eigenvalue weighted by Gasteiger charge is -2.08. The van der Waals surface area contributed by atoms with Crippen molar-refractivity contribution < 1.29 is 22.6 Å². The van der Waals surface area contributed by atoms with Crippen LogP contribution < -0.4 is 10.5 Å². The molecule has 1 unspecified atom stereocenters. The predicted molar refractivity (Wildman–Crippen MR) is 112 cm³/mol. The van der Waals surface area contributed by atoms with Crippen molar-refractivity contribution in [1.29, 1.82) is 0 Å². The zero-order valence-corrected chi connectivity index (χ0v) is 18.0. The molecular weight excluding hydrogens is 438 g/mol. The number of hydrogen-bond acceptors (Lipinski definition) is 7. The number of hydrogen-bond donors (Lipinski definition) is 1. The Morgan fingerprint density at radius 2 is 1.97 bits per heavy atom. The Morgan fingerprint density at radius 3 is 2.67 bits per heavy atom. The molecule has 0 aliphatic heterocycles. The maximum atomic E-state index is 12.2. The molecule has 1 aromatic carbocycles. The second-order valence-corrected chi connectivity index (χ2v) is 8.30. The summed E-state index contributed by atoms with van der Waals surface area (Å²) in [6, 6.07) is 7.60. The highest BCUT2D eigenvalue weighted by molar-refractivity contribution is 7.99. The fourth-order valence-electron chi connectivity index (χ4n) is 2.55. The molecule has 0 fully saturated rings. The molecule has 0 amide bonds. The molecule has 162 valence electrons. The Labute approximate surface area is 177 Å². The molecule has 2 N–H and O–H groups in total. The summed E-state index contributed by atoms with van der Waals surface area (Å²) in [5.41, 5.74) is 7.02. The van der Waals surface area contributed by atoms with Crippen molar-refractivity contribution in [3.63, 3.8) is 0 Å². The van der Waals surface area contributed by atoms with Gasteiger partial charge < -0.3 is 19.8 Å². The van der Waals surface area contributed by atoms with Crippen LogP contribution in [0.2, 0.25) is 0 Å². The van der Waals surface area contributed by atoms with Crippen LogP contribution in [0.4, 0.5) is 19.1 Å². The van der Waals surface area contributed by atoms with Gasteiger partial charge in [-0.2, -0.15) is 18.2 Å². The van der Waals surface area contributed by atoms with Gasteiger partial charge in [-0.3, -0.25) is 0 Å². The maximum absolute atomic E-state index is 12.2. The van der Waals surface area contributed by atoms with E-state index in [1.165, 1.54) is 11.8 Å². The number of nitrogens with two attached hydrogens (primary N) is 1. The lowest BCUT2D eigenvalue weighted by molar-refractivity contribution is -0.106. The van der Waals surface area contributed by atoms with Crippen LogP contribution in [-0.2, 0) is 11.3 Å².